The molecule has 0 radical (unpaired) electrons. The first-order valence-corrected chi connectivity index (χ1v) is 8.88. The molecule has 0 aliphatic heterocycles. The lowest BCUT2D eigenvalue weighted by Crippen LogP contribution is -2.17. The molecule has 3 rings (SSSR count). The number of thioether (sulfide) groups is 1. The second kappa shape index (κ2) is 7.57. The van der Waals surface area contributed by atoms with Crippen LogP contribution in [0.15, 0.2) is 52.2 Å². The number of benzene rings is 1. The summed E-state index contributed by atoms with van der Waals surface area (Å²) in [5.41, 5.74) is 2.01. The number of esters is 1. The molecule has 0 fully saturated rings. The molecule has 0 N–H and O–H groups in total. The smallest absolute Gasteiger partial charge is 0.319 e. The van der Waals surface area contributed by atoms with E-state index in [1.54, 1.807) is 26.2 Å². The highest BCUT2D eigenvalue weighted by Gasteiger charge is 2.23. The van der Waals surface area contributed by atoms with E-state index < -0.39 is 5.25 Å². The van der Waals surface area contributed by atoms with Crippen molar-refractivity contribution in [3.05, 3.63) is 48.2 Å². The van der Waals surface area contributed by atoms with Crippen LogP contribution < -0.4 is 0 Å². The van der Waals surface area contributed by atoms with Gasteiger partial charge in [0.05, 0.1) is 18.6 Å². The third-order valence-electron chi connectivity index (χ3n) is 3.63. The van der Waals surface area contributed by atoms with Crippen LogP contribution in [0.4, 0.5) is 0 Å². The molecule has 7 heteroatoms. The van der Waals surface area contributed by atoms with E-state index in [2.05, 4.69) is 10.2 Å². The van der Waals surface area contributed by atoms with E-state index in [-0.39, 0.29) is 5.97 Å². The van der Waals surface area contributed by atoms with Crippen LogP contribution in [0.25, 0.3) is 17.3 Å². The second-order valence-electron chi connectivity index (χ2n) is 5.42. The first-order chi connectivity index (χ1) is 12.1. The van der Waals surface area contributed by atoms with Crippen LogP contribution >= 0.6 is 11.8 Å². The zero-order valence-corrected chi connectivity index (χ0v) is 15.1. The molecule has 0 aliphatic carbocycles. The van der Waals surface area contributed by atoms with Gasteiger partial charge < -0.3 is 9.15 Å². The largest absolute Gasteiger partial charge is 0.465 e. The molecular formula is C18H19N3O3S. The Hall–Kier alpha value is -2.54. The van der Waals surface area contributed by atoms with Crippen LogP contribution in [0, 0.1) is 6.92 Å². The summed E-state index contributed by atoms with van der Waals surface area (Å²) in [6, 6.07) is 11.6. The van der Waals surface area contributed by atoms with Crippen molar-refractivity contribution in [2.45, 2.75) is 31.2 Å². The number of para-hydroxylation sites is 1. The van der Waals surface area contributed by atoms with E-state index in [0.717, 1.165) is 11.3 Å². The van der Waals surface area contributed by atoms with E-state index in [1.165, 1.54) is 11.8 Å². The van der Waals surface area contributed by atoms with Crippen molar-refractivity contribution in [1.29, 1.82) is 0 Å². The highest BCUT2D eigenvalue weighted by atomic mass is 32.2. The van der Waals surface area contributed by atoms with Gasteiger partial charge in [0, 0.05) is 0 Å². The third-order valence-corrected chi connectivity index (χ3v) is 4.65. The van der Waals surface area contributed by atoms with Crippen LogP contribution in [0.2, 0.25) is 0 Å². The number of ether oxygens (including phenoxy) is 1. The Morgan fingerprint density at radius 2 is 2.08 bits per heavy atom. The quantitative estimate of drug-likeness (QED) is 0.492. The number of carbonyl (C=O) groups is 1. The van der Waals surface area contributed by atoms with E-state index >= 15 is 0 Å². The fourth-order valence-electron chi connectivity index (χ4n) is 2.41. The molecule has 0 saturated carbocycles. The minimum atomic E-state index is -0.392. The summed E-state index contributed by atoms with van der Waals surface area (Å²) in [7, 11) is 0. The second-order valence-corrected chi connectivity index (χ2v) is 6.73. The normalized spacial score (nSPS) is 12.1. The van der Waals surface area contributed by atoms with Gasteiger partial charge in [-0.15, -0.1) is 10.2 Å². The van der Waals surface area contributed by atoms with Gasteiger partial charge in [-0.05, 0) is 44.5 Å². The maximum Gasteiger partial charge on any atom is 0.319 e. The van der Waals surface area contributed by atoms with Gasteiger partial charge >= 0.3 is 5.97 Å². The lowest BCUT2D eigenvalue weighted by atomic mass is 10.2. The predicted octanol–water partition coefficient (Wildman–Crippen LogP) is 3.88. The molecule has 1 atom stereocenters. The van der Waals surface area contributed by atoms with Crippen molar-refractivity contribution in [1.82, 2.24) is 14.8 Å². The first kappa shape index (κ1) is 17.3. The Morgan fingerprint density at radius 1 is 1.28 bits per heavy atom. The highest BCUT2D eigenvalue weighted by Crippen LogP contribution is 2.31. The molecule has 2 heterocycles. The van der Waals surface area contributed by atoms with E-state index in [1.807, 2.05) is 41.8 Å². The molecule has 25 heavy (non-hydrogen) atoms. The summed E-state index contributed by atoms with van der Waals surface area (Å²) in [4.78, 5) is 12.0. The standard InChI is InChI=1S/C18H19N3O3S/c1-4-23-17(22)13(3)25-18-20-19-16(15-10-7-11-24-15)21(18)14-9-6-5-8-12(14)2/h5-11,13H,4H2,1-3H3/t13-/m0/s1. The Bertz CT molecular complexity index is 858. The van der Waals surface area contributed by atoms with E-state index in [0.29, 0.717) is 23.3 Å². The van der Waals surface area contributed by atoms with E-state index in [9.17, 15) is 4.79 Å². The van der Waals surface area contributed by atoms with Crippen LogP contribution in [-0.4, -0.2) is 32.6 Å². The fourth-order valence-corrected chi connectivity index (χ4v) is 3.27. The summed E-state index contributed by atoms with van der Waals surface area (Å²) in [5.74, 6) is 0.940. The van der Waals surface area contributed by atoms with Crippen LogP contribution in [-0.2, 0) is 9.53 Å². The Kier molecular flexibility index (Phi) is 5.23. The van der Waals surface area contributed by atoms with Crippen molar-refractivity contribution in [2.24, 2.45) is 0 Å². The zero-order chi connectivity index (χ0) is 17.8. The van der Waals surface area contributed by atoms with Gasteiger partial charge in [-0.2, -0.15) is 0 Å². The van der Waals surface area contributed by atoms with Crippen molar-refractivity contribution >= 4 is 17.7 Å². The SMILES string of the molecule is CCOC(=O)[C@H](C)Sc1nnc(-c2ccco2)n1-c1ccccc1C. The van der Waals surface area contributed by atoms with Crippen molar-refractivity contribution in [3.8, 4) is 17.3 Å². The van der Waals surface area contributed by atoms with Crippen LogP contribution in [0.3, 0.4) is 0 Å². The highest BCUT2D eigenvalue weighted by molar-refractivity contribution is 8.00. The molecule has 0 spiro atoms. The van der Waals surface area contributed by atoms with Gasteiger partial charge in [0.1, 0.15) is 5.25 Å². The van der Waals surface area contributed by atoms with Gasteiger partial charge in [0.15, 0.2) is 10.9 Å². The molecule has 0 amide bonds. The van der Waals surface area contributed by atoms with Crippen LogP contribution in [0.1, 0.15) is 19.4 Å². The van der Waals surface area contributed by atoms with Gasteiger partial charge in [-0.25, -0.2) is 0 Å². The molecule has 2 aromatic heterocycles. The molecule has 0 aliphatic rings. The summed E-state index contributed by atoms with van der Waals surface area (Å²) in [6.45, 7) is 5.96. The number of aromatic nitrogens is 3. The summed E-state index contributed by atoms with van der Waals surface area (Å²) < 4.78 is 12.5. The molecule has 0 bridgehead atoms. The third kappa shape index (κ3) is 3.61. The number of furan rings is 1. The van der Waals surface area contributed by atoms with Gasteiger partial charge in [-0.3, -0.25) is 9.36 Å². The van der Waals surface area contributed by atoms with E-state index in [4.69, 9.17) is 9.15 Å². The van der Waals surface area contributed by atoms with Crippen molar-refractivity contribution < 1.29 is 13.9 Å². The lowest BCUT2D eigenvalue weighted by Gasteiger charge is -2.14. The first-order valence-electron chi connectivity index (χ1n) is 8.00. The Labute approximate surface area is 150 Å². The lowest BCUT2D eigenvalue weighted by molar-refractivity contribution is -0.142. The number of hydrogen-bond donors (Lipinski definition) is 0. The molecule has 3 aromatic rings. The number of nitrogens with zero attached hydrogens (tertiary/aromatic N) is 3. The van der Waals surface area contributed by atoms with Crippen LogP contribution in [0.5, 0.6) is 0 Å². The molecular weight excluding hydrogens is 338 g/mol. The molecule has 0 saturated heterocycles. The summed E-state index contributed by atoms with van der Waals surface area (Å²) >= 11 is 1.31. The zero-order valence-electron chi connectivity index (χ0n) is 14.3. The van der Waals surface area contributed by atoms with Crippen molar-refractivity contribution in [2.75, 3.05) is 6.61 Å². The van der Waals surface area contributed by atoms with Gasteiger partial charge in [-0.1, -0.05) is 30.0 Å². The average Bonchev–Trinajstić information content (AvgIpc) is 3.25. The Morgan fingerprint density at radius 3 is 2.76 bits per heavy atom. The average molecular weight is 357 g/mol. The molecule has 0 unspecified atom stereocenters. The van der Waals surface area contributed by atoms with Gasteiger partial charge in [0.25, 0.3) is 0 Å². The topological polar surface area (TPSA) is 70.2 Å². The number of hydrogen-bond acceptors (Lipinski definition) is 6. The number of carbonyl (C=O) groups excluding carboxylic acids is 1. The maximum atomic E-state index is 12.0. The minimum absolute atomic E-state index is 0.272. The molecule has 130 valence electrons. The maximum absolute atomic E-state index is 12.0. The number of rotatable bonds is 6. The fraction of sp³-hybridized carbons (Fsp3) is 0.278. The number of aryl methyl sites for hydroxylation is 1. The monoisotopic (exact) mass is 357 g/mol. The van der Waals surface area contributed by atoms with Gasteiger partial charge in [0.2, 0.25) is 5.82 Å². The Balaban J connectivity index is 2.05. The molecule has 6 nitrogen and oxygen atoms in total. The van der Waals surface area contributed by atoms with Crippen molar-refractivity contribution in [3.63, 3.8) is 0 Å². The summed E-state index contributed by atoms with van der Waals surface area (Å²) in [6.07, 6.45) is 1.60. The predicted molar refractivity (Wildman–Crippen MR) is 95.8 cm³/mol. The molecule has 1 aromatic carbocycles. The summed E-state index contributed by atoms with van der Waals surface area (Å²) in [5, 5.41) is 8.78. The minimum Gasteiger partial charge on any atom is -0.465 e.